The molecule has 28 heavy (non-hydrogen) atoms. The third-order valence-corrected chi connectivity index (χ3v) is 3.68. The number of benzene rings is 2. The Labute approximate surface area is 156 Å². The summed E-state index contributed by atoms with van der Waals surface area (Å²) >= 11 is 0. The number of alkyl halides is 3. The van der Waals surface area contributed by atoms with E-state index in [4.69, 9.17) is 0 Å². The molecule has 0 unspecified atom stereocenters. The van der Waals surface area contributed by atoms with Gasteiger partial charge in [-0.1, -0.05) is 12.1 Å². The molecule has 0 saturated carbocycles. The van der Waals surface area contributed by atoms with Crippen molar-refractivity contribution in [2.45, 2.75) is 6.18 Å². The van der Waals surface area contributed by atoms with E-state index in [2.05, 4.69) is 15.6 Å². The Morgan fingerprint density at radius 2 is 1.57 bits per heavy atom. The number of anilines is 3. The van der Waals surface area contributed by atoms with E-state index in [1.165, 1.54) is 30.5 Å². The number of aromatic nitrogens is 1. The normalized spacial score (nSPS) is 11.2. The van der Waals surface area contributed by atoms with Crippen LogP contribution in [0, 0.1) is 11.6 Å². The minimum absolute atomic E-state index is 0.128. The van der Waals surface area contributed by atoms with Gasteiger partial charge < -0.3 is 10.6 Å². The Morgan fingerprint density at radius 1 is 0.893 bits per heavy atom. The van der Waals surface area contributed by atoms with Crippen molar-refractivity contribution >= 4 is 23.0 Å². The summed E-state index contributed by atoms with van der Waals surface area (Å²) in [4.78, 5) is 16.0. The summed E-state index contributed by atoms with van der Waals surface area (Å²) < 4.78 is 65.4. The highest BCUT2D eigenvalue weighted by Gasteiger charge is 2.30. The summed E-state index contributed by atoms with van der Waals surface area (Å²) in [6, 6.07) is 10.4. The van der Waals surface area contributed by atoms with Gasteiger partial charge >= 0.3 is 6.18 Å². The maximum Gasteiger partial charge on any atom is 0.416 e. The number of pyridine rings is 1. The lowest BCUT2D eigenvalue weighted by Gasteiger charge is -2.11. The van der Waals surface area contributed by atoms with Crippen LogP contribution in [0.4, 0.5) is 39.0 Å². The van der Waals surface area contributed by atoms with Gasteiger partial charge in [0.1, 0.15) is 23.0 Å². The average molecular weight is 393 g/mol. The predicted molar refractivity (Wildman–Crippen MR) is 93.3 cm³/mol. The van der Waals surface area contributed by atoms with Crippen molar-refractivity contribution in [1.82, 2.24) is 4.98 Å². The highest BCUT2D eigenvalue weighted by molar-refractivity contribution is 6.03. The van der Waals surface area contributed by atoms with E-state index in [1.54, 1.807) is 0 Å². The maximum absolute atomic E-state index is 13.6. The van der Waals surface area contributed by atoms with E-state index in [0.717, 1.165) is 30.3 Å². The third-order valence-electron chi connectivity index (χ3n) is 3.68. The van der Waals surface area contributed by atoms with Gasteiger partial charge in [0.05, 0.1) is 17.4 Å². The van der Waals surface area contributed by atoms with Gasteiger partial charge in [0.25, 0.3) is 5.91 Å². The summed E-state index contributed by atoms with van der Waals surface area (Å²) in [5.41, 5.74) is -1.03. The molecule has 0 aliphatic heterocycles. The van der Waals surface area contributed by atoms with Gasteiger partial charge in [-0.3, -0.25) is 4.79 Å². The van der Waals surface area contributed by atoms with Crippen molar-refractivity contribution in [1.29, 1.82) is 0 Å². The molecule has 0 radical (unpaired) electrons. The molecule has 9 heteroatoms. The summed E-state index contributed by atoms with van der Waals surface area (Å²) in [5, 5.41) is 4.83. The number of halogens is 5. The van der Waals surface area contributed by atoms with Crippen LogP contribution in [-0.2, 0) is 6.18 Å². The molecule has 1 aromatic heterocycles. The SMILES string of the molecule is O=C(Nc1c(F)cccc1F)c1ccc(Nc2cccc(C(F)(F)F)c2)cn1. The van der Waals surface area contributed by atoms with E-state index < -0.39 is 35.0 Å². The van der Waals surface area contributed by atoms with Crippen LogP contribution >= 0.6 is 0 Å². The first-order chi connectivity index (χ1) is 13.2. The third kappa shape index (κ3) is 4.43. The van der Waals surface area contributed by atoms with Crippen molar-refractivity contribution in [3.8, 4) is 0 Å². The van der Waals surface area contributed by atoms with Crippen LogP contribution < -0.4 is 10.6 Å². The summed E-state index contributed by atoms with van der Waals surface area (Å²) in [6.07, 6.45) is -3.26. The zero-order chi connectivity index (χ0) is 20.3. The molecular weight excluding hydrogens is 381 g/mol. The van der Waals surface area contributed by atoms with Gasteiger partial charge in [-0.05, 0) is 42.5 Å². The topological polar surface area (TPSA) is 54.0 Å². The molecule has 1 heterocycles. The molecule has 144 valence electrons. The van der Waals surface area contributed by atoms with Crippen LogP contribution in [0.1, 0.15) is 16.1 Å². The Balaban J connectivity index is 1.72. The molecule has 1 amide bonds. The van der Waals surface area contributed by atoms with Crippen molar-refractivity contribution in [2.24, 2.45) is 0 Å². The zero-order valence-electron chi connectivity index (χ0n) is 14.0. The fraction of sp³-hybridized carbons (Fsp3) is 0.0526. The number of carbonyl (C=O) groups is 1. The molecule has 0 aliphatic carbocycles. The summed E-state index contributed by atoms with van der Waals surface area (Å²) in [6.45, 7) is 0. The first kappa shape index (κ1) is 19.3. The minimum atomic E-state index is -4.47. The molecule has 3 rings (SSSR count). The second-order valence-corrected chi connectivity index (χ2v) is 5.69. The Morgan fingerprint density at radius 3 is 2.18 bits per heavy atom. The maximum atomic E-state index is 13.6. The molecule has 2 N–H and O–H groups in total. The predicted octanol–water partition coefficient (Wildman–Crippen LogP) is 5.37. The largest absolute Gasteiger partial charge is 0.416 e. The Hall–Kier alpha value is -3.49. The lowest BCUT2D eigenvalue weighted by Crippen LogP contribution is -2.15. The van der Waals surface area contributed by atoms with Crippen LogP contribution in [0.5, 0.6) is 0 Å². The highest BCUT2D eigenvalue weighted by atomic mass is 19.4. The lowest BCUT2D eigenvalue weighted by molar-refractivity contribution is -0.137. The number of amides is 1. The quantitative estimate of drug-likeness (QED) is 0.586. The number of carbonyl (C=O) groups excluding carboxylic acids is 1. The Bertz CT molecular complexity index is 983. The number of nitrogens with zero attached hydrogens (tertiary/aromatic N) is 1. The van der Waals surface area contributed by atoms with Gasteiger partial charge in [-0.25, -0.2) is 13.8 Å². The zero-order valence-corrected chi connectivity index (χ0v) is 14.0. The number of nitrogens with one attached hydrogen (secondary N) is 2. The van der Waals surface area contributed by atoms with E-state index in [-0.39, 0.29) is 11.4 Å². The number of rotatable bonds is 4. The molecule has 4 nitrogen and oxygen atoms in total. The second-order valence-electron chi connectivity index (χ2n) is 5.69. The van der Waals surface area contributed by atoms with E-state index >= 15 is 0 Å². The molecule has 0 atom stereocenters. The molecule has 0 saturated heterocycles. The van der Waals surface area contributed by atoms with E-state index in [0.29, 0.717) is 5.69 Å². The van der Waals surface area contributed by atoms with Crippen LogP contribution in [-0.4, -0.2) is 10.9 Å². The molecule has 0 spiro atoms. The highest BCUT2D eigenvalue weighted by Crippen LogP contribution is 2.31. The fourth-order valence-corrected chi connectivity index (χ4v) is 2.34. The first-order valence-corrected chi connectivity index (χ1v) is 7.90. The summed E-state index contributed by atoms with van der Waals surface area (Å²) in [5.74, 6) is -2.71. The molecule has 0 aliphatic rings. The molecule has 0 fully saturated rings. The van der Waals surface area contributed by atoms with Gasteiger partial charge in [0.2, 0.25) is 0 Å². The number of hydrogen-bond donors (Lipinski definition) is 2. The minimum Gasteiger partial charge on any atom is -0.354 e. The average Bonchev–Trinajstić information content (AvgIpc) is 2.65. The summed E-state index contributed by atoms with van der Waals surface area (Å²) in [7, 11) is 0. The molecule has 0 bridgehead atoms. The monoisotopic (exact) mass is 393 g/mol. The van der Waals surface area contributed by atoms with Crippen molar-refractivity contribution in [3.63, 3.8) is 0 Å². The van der Waals surface area contributed by atoms with Crippen LogP contribution in [0.3, 0.4) is 0 Å². The van der Waals surface area contributed by atoms with Crippen LogP contribution in [0.15, 0.2) is 60.8 Å². The standard InChI is InChI=1S/C19H12F5N3O/c20-14-5-2-6-15(21)17(14)27-18(28)16-8-7-13(10-25-16)26-12-4-1-3-11(9-12)19(22,23)24/h1-10,26H,(H,27,28). The first-order valence-electron chi connectivity index (χ1n) is 7.90. The van der Waals surface area contributed by atoms with Gasteiger partial charge in [-0.15, -0.1) is 0 Å². The number of hydrogen-bond acceptors (Lipinski definition) is 3. The molecule has 2 aromatic carbocycles. The van der Waals surface area contributed by atoms with E-state index in [9.17, 15) is 26.7 Å². The fourth-order valence-electron chi connectivity index (χ4n) is 2.34. The Kier molecular flexibility index (Phi) is 5.25. The van der Waals surface area contributed by atoms with Crippen LogP contribution in [0.25, 0.3) is 0 Å². The van der Waals surface area contributed by atoms with Gasteiger partial charge in [-0.2, -0.15) is 13.2 Å². The molecular formula is C19H12F5N3O. The van der Waals surface area contributed by atoms with Crippen molar-refractivity contribution in [2.75, 3.05) is 10.6 Å². The van der Waals surface area contributed by atoms with Crippen molar-refractivity contribution < 1.29 is 26.7 Å². The van der Waals surface area contributed by atoms with Crippen LogP contribution in [0.2, 0.25) is 0 Å². The number of para-hydroxylation sites is 1. The van der Waals surface area contributed by atoms with Gasteiger partial charge in [0, 0.05) is 5.69 Å². The second kappa shape index (κ2) is 7.63. The van der Waals surface area contributed by atoms with E-state index in [1.807, 2.05) is 0 Å². The van der Waals surface area contributed by atoms with Gasteiger partial charge in [0.15, 0.2) is 0 Å². The lowest BCUT2D eigenvalue weighted by atomic mass is 10.2. The smallest absolute Gasteiger partial charge is 0.354 e. The van der Waals surface area contributed by atoms with Crippen molar-refractivity contribution in [3.05, 3.63) is 83.7 Å². The molecule has 3 aromatic rings.